The molecule has 2 aromatic carbocycles. The van der Waals surface area contributed by atoms with Gasteiger partial charge in [0.25, 0.3) is 5.91 Å². The quantitative estimate of drug-likeness (QED) is 0.546. The number of nitro groups is 1. The Balaban J connectivity index is 1.48. The molecule has 0 radical (unpaired) electrons. The van der Waals surface area contributed by atoms with E-state index in [4.69, 9.17) is 4.74 Å². The van der Waals surface area contributed by atoms with Crippen LogP contribution in [0, 0.1) is 10.1 Å². The summed E-state index contributed by atoms with van der Waals surface area (Å²) in [7, 11) is 1.37. The number of carbonyl (C=O) groups excluding carboxylic acids is 1. The van der Waals surface area contributed by atoms with Crippen LogP contribution in [0.25, 0.3) is 10.9 Å². The van der Waals surface area contributed by atoms with Crippen molar-refractivity contribution in [2.75, 3.05) is 20.2 Å². The van der Waals surface area contributed by atoms with Gasteiger partial charge in [-0.1, -0.05) is 18.2 Å². The molecule has 1 fully saturated rings. The van der Waals surface area contributed by atoms with E-state index in [2.05, 4.69) is 23.3 Å². The average molecular weight is 379 g/mol. The van der Waals surface area contributed by atoms with Gasteiger partial charge >= 0.3 is 5.69 Å². The predicted octanol–water partition coefficient (Wildman–Crippen LogP) is 4.10. The number of aromatic nitrogens is 1. The Kier molecular flexibility index (Phi) is 4.73. The second-order valence-corrected chi connectivity index (χ2v) is 7.00. The summed E-state index contributed by atoms with van der Waals surface area (Å²) in [5.74, 6) is 0.369. The highest BCUT2D eigenvalue weighted by Gasteiger charge is 2.27. The maximum absolute atomic E-state index is 12.8. The minimum Gasteiger partial charge on any atom is -0.490 e. The van der Waals surface area contributed by atoms with E-state index in [9.17, 15) is 14.9 Å². The average Bonchev–Trinajstić information content (AvgIpc) is 3.17. The minimum absolute atomic E-state index is 0.152. The first-order valence-electron chi connectivity index (χ1n) is 9.26. The van der Waals surface area contributed by atoms with Gasteiger partial charge in [0.05, 0.1) is 12.0 Å². The van der Waals surface area contributed by atoms with Crippen molar-refractivity contribution in [1.29, 1.82) is 0 Å². The molecule has 144 valence electrons. The van der Waals surface area contributed by atoms with Gasteiger partial charge in [-0.25, -0.2) is 0 Å². The number of para-hydroxylation sites is 1. The van der Waals surface area contributed by atoms with Crippen molar-refractivity contribution in [2.24, 2.45) is 0 Å². The van der Waals surface area contributed by atoms with Gasteiger partial charge < -0.3 is 14.6 Å². The molecule has 7 nitrogen and oxygen atoms in total. The molecule has 1 N–H and O–H groups in total. The Morgan fingerprint density at radius 2 is 1.96 bits per heavy atom. The van der Waals surface area contributed by atoms with Crippen molar-refractivity contribution in [1.82, 2.24) is 9.88 Å². The Morgan fingerprint density at radius 3 is 2.68 bits per heavy atom. The number of hydrogen-bond donors (Lipinski definition) is 1. The SMILES string of the molecule is COc1ccc(C(=O)N2CCC(c3c[nH]c4ccccc34)CC2)cc1[N+](=O)[O-]. The number of nitrogens with zero attached hydrogens (tertiary/aromatic N) is 2. The van der Waals surface area contributed by atoms with Crippen LogP contribution in [0.1, 0.15) is 34.7 Å². The monoisotopic (exact) mass is 379 g/mol. The molecular formula is C21H21N3O4. The molecule has 0 bridgehead atoms. The molecule has 28 heavy (non-hydrogen) atoms. The summed E-state index contributed by atoms with van der Waals surface area (Å²) in [5.41, 5.74) is 2.55. The van der Waals surface area contributed by atoms with Crippen LogP contribution in [0.2, 0.25) is 0 Å². The van der Waals surface area contributed by atoms with Crippen molar-refractivity contribution >= 4 is 22.5 Å². The van der Waals surface area contributed by atoms with Crippen molar-refractivity contribution in [3.8, 4) is 5.75 Å². The number of fused-ring (bicyclic) bond motifs is 1. The first-order valence-corrected chi connectivity index (χ1v) is 9.26. The van der Waals surface area contributed by atoms with Crippen molar-refractivity contribution in [3.05, 3.63) is 69.9 Å². The molecular weight excluding hydrogens is 358 g/mol. The molecule has 1 amide bonds. The zero-order chi connectivity index (χ0) is 19.7. The largest absolute Gasteiger partial charge is 0.490 e. The zero-order valence-corrected chi connectivity index (χ0v) is 15.6. The number of rotatable bonds is 4. The fourth-order valence-corrected chi connectivity index (χ4v) is 3.97. The number of methoxy groups -OCH3 is 1. The van der Waals surface area contributed by atoms with Gasteiger partial charge in [0.15, 0.2) is 5.75 Å². The number of benzene rings is 2. The molecule has 7 heteroatoms. The van der Waals surface area contributed by atoms with Gasteiger partial charge in [0, 0.05) is 41.8 Å². The van der Waals surface area contributed by atoms with Crippen LogP contribution in [-0.2, 0) is 0 Å². The molecule has 1 aliphatic rings. The maximum Gasteiger partial charge on any atom is 0.311 e. The summed E-state index contributed by atoms with van der Waals surface area (Å²) >= 11 is 0. The van der Waals surface area contributed by atoms with E-state index in [0.29, 0.717) is 24.6 Å². The smallest absolute Gasteiger partial charge is 0.311 e. The fourth-order valence-electron chi connectivity index (χ4n) is 3.97. The predicted molar refractivity (Wildman–Crippen MR) is 106 cm³/mol. The van der Waals surface area contributed by atoms with Gasteiger partial charge in [-0.2, -0.15) is 0 Å². The Hall–Kier alpha value is -3.35. The van der Waals surface area contributed by atoms with Gasteiger partial charge in [0.1, 0.15) is 0 Å². The number of nitrogens with one attached hydrogen (secondary N) is 1. The molecule has 0 unspecified atom stereocenters. The number of aromatic amines is 1. The van der Waals surface area contributed by atoms with Crippen molar-refractivity contribution in [2.45, 2.75) is 18.8 Å². The number of likely N-dealkylation sites (tertiary alicyclic amines) is 1. The van der Waals surface area contributed by atoms with Gasteiger partial charge in [-0.15, -0.1) is 0 Å². The highest BCUT2D eigenvalue weighted by Crippen LogP contribution is 2.34. The lowest BCUT2D eigenvalue weighted by Crippen LogP contribution is -2.37. The number of amides is 1. The lowest BCUT2D eigenvalue weighted by molar-refractivity contribution is -0.385. The van der Waals surface area contributed by atoms with Crippen LogP contribution in [0.4, 0.5) is 5.69 Å². The summed E-state index contributed by atoms with van der Waals surface area (Å²) < 4.78 is 5.01. The van der Waals surface area contributed by atoms with Gasteiger partial charge in [-0.05, 0) is 42.5 Å². The number of ether oxygens (including phenoxy) is 1. The second-order valence-electron chi connectivity index (χ2n) is 7.00. The van der Waals surface area contributed by atoms with Crippen molar-refractivity contribution < 1.29 is 14.5 Å². The van der Waals surface area contributed by atoms with E-state index in [1.54, 1.807) is 11.0 Å². The third kappa shape index (κ3) is 3.19. The number of piperidine rings is 1. The molecule has 0 spiro atoms. The summed E-state index contributed by atoms with van der Waals surface area (Å²) in [6.45, 7) is 1.26. The number of H-pyrrole nitrogens is 1. The molecule has 0 saturated carbocycles. The summed E-state index contributed by atoms with van der Waals surface area (Å²) in [5, 5.41) is 12.4. The first kappa shape index (κ1) is 18.0. The normalized spacial score (nSPS) is 15.0. The fraction of sp³-hybridized carbons (Fsp3) is 0.286. The molecule has 3 aromatic rings. The summed E-state index contributed by atoms with van der Waals surface area (Å²) in [6.07, 6.45) is 3.80. The van der Waals surface area contributed by atoms with Crippen molar-refractivity contribution in [3.63, 3.8) is 0 Å². The van der Waals surface area contributed by atoms with Gasteiger partial charge in [0.2, 0.25) is 0 Å². The number of hydrogen-bond acceptors (Lipinski definition) is 4. The van der Waals surface area contributed by atoms with E-state index in [0.717, 1.165) is 18.4 Å². The molecule has 2 heterocycles. The summed E-state index contributed by atoms with van der Waals surface area (Å²) in [6, 6.07) is 12.6. The third-order valence-electron chi connectivity index (χ3n) is 5.47. The highest BCUT2D eigenvalue weighted by molar-refractivity contribution is 5.95. The van der Waals surface area contributed by atoms with E-state index in [1.165, 1.54) is 30.2 Å². The molecule has 0 atom stereocenters. The van der Waals surface area contributed by atoms with Gasteiger partial charge in [-0.3, -0.25) is 14.9 Å². The summed E-state index contributed by atoms with van der Waals surface area (Å²) in [4.78, 5) is 28.6. The Bertz CT molecular complexity index is 1040. The molecule has 1 saturated heterocycles. The minimum atomic E-state index is -0.529. The lowest BCUT2D eigenvalue weighted by atomic mass is 9.89. The van der Waals surface area contributed by atoms with Crippen LogP contribution >= 0.6 is 0 Å². The van der Waals surface area contributed by atoms with E-state index in [1.807, 2.05) is 12.1 Å². The molecule has 1 aromatic heterocycles. The Labute approximate surface area is 162 Å². The highest BCUT2D eigenvalue weighted by atomic mass is 16.6. The third-order valence-corrected chi connectivity index (χ3v) is 5.47. The van der Waals surface area contributed by atoms with Crippen LogP contribution < -0.4 is 4.74 Å². The van der Waals surface area contributed by atoms with Crippen LogP contribution in [0.5, 0.6) is 5.75 Å². The zero-order valence-electron chi connectivity index (χ0n) is 15.6. The van der Waals surface area contributed by atoms with E-state index < -0.39 is 4.92 Å². The number of carbonyl (C=O) groups is 1. The molecule has 0 aliphatic carbocycles. The Morgan fingerprint density at radius 1 is 1.21 bits per heavy atom. The molecule has 1 aliphatic heterocycles. The topological polar surface area (TPSA) is 88.5 Å². The number of nitro benzene ring substituents is 1. The van der Waals surface area contributed by atoms with E-state index in [-0.39, 0.29) is 17.3 Å². The van der Waals surface area contributed by atoms with Crippen LogP contribution in [0.3, 0.4) is 0 Å². The standard InChI is InChI=1S/C21H21N3O4/c1-28-20-7-6-15(12-19(20)24(26)27)21(25)23-10-8-14(9-11-23)17-13-22-18-5-3-2-4-16(17)18/h2-7,12-14,22H,8-11H2,1H3. The maximum atomic E-state index is 12.8. The first-order chi connectivity index (χ1) is 13.6. The molecule has 4 rings (SSSR count). The second kappa shape index (κ2) is 7.34. The van der Waals surface area contributed by atoms with Crippen LogP contribution in [-0.4, -0.2) is 40.9 Å². The van der Waals surface area contributed by atoms with Crippen LogP contribution in [0.15, 0.2) is 48.7 Å². The van der Waals surface area contributed by atoms with E-state index >= 15 is 0 Å². The lowest BCUT2D eigenvalue weighted by Gasteiger charge is -2.32.